The minimum absolute atomic E-state index is 0.00944. The first kappa shape index (κ1) is 27.9. The van der Waals surface area contributed by atoms with Crippen LogP contribution in [0.2, 0.25) is 18.1 Å². The molecule has 0 aromatic carbocycles. The lowest BCUT2D eigenvalue weighted by Gasteiger charge is -2.47. The van der Waals surface area contributed by atoms with E-state index in [2.05, 4.69) is 70.1 Å². The Balaban J connectivity index is 1.29. The summed E-state index contributed by atoms with van der Waals surface area (Å²) in [6.45, 7) is 11.2. The van der Waals surface area contributed by atoms with E-state index in [0.29, 0.717) is 11.3 Å². The fourth-order valence-corrected chi connectivity index (χ4v) is 5.13. The van der Waals surface area contributed by atoms with Gasteiger partial charge in [-0.15, -0.1) is 15.3 Å². The quantitative estimate of drug-likeness (QED) is 0.330. The minimum atomic E-state index is -2.03. The van der Waals surface area contributed by atoms with Gasteiger partial charge in [0.25, 0.3) is 5.91 Å². The summed E-state index contributed by atoms with van der Waals surface area (Å²) < 4.78 is 23.1. The summed E-state index contributed by atoms with van der Waals surface area (Å²) in [6, 6.07) is 5.20. The largest absolute Gasteiger partial charge is 0.413 e. The van der Waals surface area contributed by atoms with Gasteiger partial charge in [0.1, 0.15) is 0 Å². The molecule has 1 aliphatic heterocycles. The molecule has 0 spiro atoms. The van der Waals surface area contributed by atoms with Crippen LogP contribution in [-0.4, -0.2) is 77.3 Å². The van der Waals surface area contributed by atoms with Crippen molar-refractivity contribution in [3.8, 4) is 0 Å². The van der Waals surface area contributed by atoms with Crippen LogP contribution in [0, 0.1) is 5.92 Å². The first-order valence-corrected chi connectivity index (χ1v) is 16.3. The first-order valence-electron chi connectivity index (χ1n) is 13.4. The lowest BCUT2D eigenvalue weighted by atomic mass is 9.97. The van der Waals surface area contributed by atoms with Crippen LogP contribution in [0.4, 0.5) is 27.5 Å². The van der Waals surface area contributed by atoms with Crippen molar-refractivity contribution < 1.29 is 18.4 Å². The molecule has 2 amide bonds. The predicted molar refractivity (Wildman–Crippen MR) is 152 cm³/mol. The number of halogens is 1. The van der Waals surface area contributed by atoms with Crippen molar-refractivity contribution in [2.45, 2.75) is 57.4 Å². The van der Waals surface area contributed by atoms with Gasteiger partial charge >= 0.3 is 0 Å². The van der Waals surface area contributed by atoms with E-state index in [-0.39, 0.29) is 54.0 Å². The standard InChI is InChI=1S/C26H36FN9O3Si/c1-25(2,3)40(5,6)39-15-26(27)13-35(14-26)17-9-10-20-31-24(34-36(20)12-17)29-18-11-19(30-22(37)16-7-8-16)32-33-21(18)23(38)28-4/h9-12,16H,7-8,13-15H2,1-6H3,(H,28,38)(H2,29,30,32,34,37). The normalized spacial score (nSPS) is 16.9. The van der Waals surface area contributed by atoms with Crippen LogP contribution in [-0.2, 0) is 9.22 Å². The van der Waals surface area contributed by atoms with Crippen LogP contribution in [0.3, 0.4) is 0 Å². The van der Waals surface area contributed by atoms with Gasteiger partial charge in [0.05, 0.1) is 37.3 Å². The molecule has 214 valence electrons. The third-order valence-electron chi connectivity index (χ3n) is 7.81. The number of nitrogens with zero attached hydrogens (tertiary/aromatic N) is 6. The molecule has 0 bridgehead atoms. The third kappa shape index (κ3) is 5.77. The average Bonchev–Trinajstić information content (AvgIpc) is 3.65. The van der Waals surface area contributed by atoms with Crippen LogP contribution in [0.5, 0.6) is 0 Å². The number of hydrogen-bond donors (Lipinski definition) is 3. The Hall–Kier alpha value is -3.65. The lowest BCUT2D eigenvalue weighted by Crippen LogP contribution is -2.63. The predicted octanol–water partition coefficient (Wildman–Crippen LogP) is 3.52. The number of pyridine rings is 1. The fourth-order valence-electron chi connectivity index (χ4n) is 4.08. The average molecular weight is 570 g/mol. The van der Waals surface area contributed by atoms with E-state index in [1.54, 1.807) is 16.8 Å². The molecule has 1 saturated heterocycles. The Morgan fingerprint density at radius 3 is 2.58 bits per heavy atom. The number of alkyl halides is 1. The van der Waals surface area contributed by atoms with Crippen molar-refractivity contribution in [2.75, 3.05) is 42.3 Å². The second-order valence-electron chi connectivity index (χ2n) is 12.1. The topological polar surface area (TPSA) is 139 Å². The molecule has 14 heteroatoms. The molecule has 12 nitrogen and oxygen atoms in total. The zero-order valence-electron chi connectivity index (χ0n) is 23.7. The van der Waals surface area contributed by atoms with E-state index >= 15 is 4.39 Å². The van der Waals surface area contributed by atoms with E-state index in [4.69, 9.17) is 4.43 Å². The molecule has 1 aliphatic carbocycles. The minimum Gasteiger partial charge on any atom is -0.413 e. The molecule has 1 saturated carbocycles. The summed E-state index contributed by atoms with van der Waals surface area (Å²) in [5.74, 6) is -0.138. The van der Waals surface area contributed by atoms with Crippen molar-refractivity contribution in [1.82, 2.24) is 30.1 Å². The Bertz CT molecular complexity index is 1440. The summed E-state index contributed by atoms with van der Waals surface area (Å²) in [5, 5.41) is 20.8. The number of aromatic nitrogens is 5. The van der Waals surface area contributed by atoms with Crippen molar-refractivity contribution in [2.24, 2.45) is 5.92 Å². The molecule has 0 unspecified atom stereocenters. The maximum Gasteiger partial charge on any atom is 0.273 e. The Kier molecular flexibility index (Phi) is 7.02. The molecule has 0 atom stereocenters. The van der Waals surface area contributed by atoms with Gasteiger partial charge in [0, 0.05) is 19.0 Å². The highest BCUT2D eigenvalue weighted by molar-refractivity contribution is 6.74. The second kappa shape index (κ2) is 10.1. The molecule has 3 N–H and O–H groups in total. The Labute approximate surface area is 233 Å². The number of carbonyl (C=O) groups is 2. The molecule has 2 aliphatic rings. The summed E-state index contributed by atoms with van der Waals surface area (Å²) >= 11 is 0. The van der Waals surface area contributed by atoms with Crippen molar-refractivity contribution in [1.29, 1.82) is 0 Å². The molecule has 3 aromatic heterocycles. The number of anilines is 4. The van der Waals surface area contributed by atoms with E-state index in [1.165, 1.54) is 13.1 Å². The zero-order chi connectivity index (χ0) is 28.9. The maximum atomic E-state index is 15.4. The van der Waals surface area contributed by atoms with Crippen molar-refractivity contribution in [3.63, 3.8) is 0 Å². The van der Waals surface area contributed by atoms with E-state index in [1.807, 2.05) is 11.0 Å². The van der Waals surface area contributed by atoms with Crippen LogP contribution in [0.15, 0.2) is 24.4 Å². The number of amides is 2. The number of hydrogen-bond acceptors (Lipinski definition) is 9. The van der Waals surface area contributed by atoms with Gasteiger partial charge < -0.3 is 25.3 Å². The SMILES string of the molecule is CNC(=O)c1nnc(NC(=O)C2CC2)cc1Nc1nc2ccc(N3CC(F)(CO[Si](C)(C)C(C)(C)C)C3)cn2n1. The number of nitrogens with one attached hydrogen (secondary N) is 3. The number of rotatable bonds is 9. The highest BCUT2D eigenvalue weighted by Crippen LogP contribution is 2.39. The number of fused-ring (bicyclic) bond motifs is 1. The van der Waals surface area contributed by atoms with Crippen LogP contribution >= 0.6 is 0 Å². The molecule has 5 rings (SSSR count). The maximum absolute atomic E-state index is 15.4. The van der Waals surface area contributed by atoms with Crippen LogP contribution in [0.1, 0.15) is 44.1 Å². The summed E-state index contributed by atoms with van der Waals surface area (Å²) in [6.07, 6.45) is 3.48. The van der Waals surface area contributed by atoms with Gasteiger partial charge in [0.15, 0.2) is 31.1 Å². The Morgan fingerprint density at radius 2 is 1.93 bits per heavy atom. The molecule has 3 aromatic rings. The first-order chi connectivity index (χ1) is 18.8. The summed E-state index contributed by atoms with van der Waals surface area (Å²) in [4.78, 5) is 31.0. The summed E-state index contributed by atoms with van der Waals surface area (Å²) in [5.41, 5.74) is 0.308. The highest BCUT2D eigenvalue weighted by Gasteiger charge is 2.47. The summed E-state index contributed by atoms with van der Waals surface area (Å²) in [7, 11) is -0.545. The lowest BCUT2D eigenvalue weighted by molar-refractivity contribution is -0.117. The van der Waals surface area contributed by atoms with Crippen molar-refractivity contribution in [3.05, 3.63) is 30.1 Å². The Morgan fingerprint density at radius 1 is 1.20 bits per heavy atom. The van der Waals surface area contributed by atoms with Crippen LogP contribution in [0.25, 0.3) is 5.65 Å². The molecule has 2 fully saturated rings. The van der Waals surface area contributed by atoms with E-state index in [9.17, 15) is 9.59 Å². The van der Waals surface area contributed by atoms with Gasteiger partial charge in [-0.1, -0.05) is 20.8 Å². The van der Waals surface area contributed by atoms with Gasteiger partial charge in [0.2, 0.25) is 11.9 Å². The second-order valence-corrected chi connectivity index (χ2v) is 17.0. The van der Waals surface area contributed by atoms with E-state index < -0.39 is 19.9 Å². The van der Waals surface area contributed by atoms with Gasteiger partial charge in [-0.05, 0) is 43.1 Å². The zero-order valence-corrected chi connectivity index (χ0v) is 24.7. The smallest absolute Gasteiger partial charge is 0.273 e. The molecular weight excluding hydrogens is 533 g/mol. The van der Waals surface area contributed by atoms with Gasteiger partial charge in [-0.25, -0.2) is 8.91 Å². The van der Waals surface area contributed by atoms with Gasteiger partial charge in [-0.3, -0.25) is 9.59 Å². The van der Waals surface area contributed by atoms with E-state index in [0.717, 1.165) is 18.5 Å². The molecule has 40 heavy (non-hydrogen) atoms. The van der Waals surface area contributed by atoms with Crippen LogP contribution < -0.4 is 20.9 Å². The monoisotopic (exact) mass is 569 g/mol. The third-order valence-corrected chi connectivity index (χ3v) is 12.3. The fraction of sp³-hybridized carbons (Fsp3) is 0.538. The van der Waals surface area contributed by atoms with Gasteiger partial charge in [-0.2, -0.15) is 4.98 Å². The molecule has 4 heterocycles. The molecule has 0 radical (unpaired) electrons. The number of carbonyl (C=O) groups excluding carboxylic acids is 2. The highest BCUT2D eigenvalue weighted by atomic mass is 28.4. The van der Waals surface area contributed by atoms with Crippen molar-refractivity contribution >= 4 is 48.9 Å². The molecular formula is C26H36FN9O3Si.